The second-order valence-electron chi connectivity index (χ2n) is 10.2. The summed E-state index contributed by atoms with van der Waals surface area (Å²) in [6, 6.07) is -0.439. The van der Waals surface area contributed by atoms with E-state index in [0.29, 0.717) is 12.8 Å². The molecule has 0 bridgehead atoms. The molecule has 1 saturated heterocycles. The zero-order valence-electron chi connectivity index (χ0n) is 18.4. The Morgan fingerprint density at radius 3 is 2.43 bits per heavy atom. The van der Waals surface area contributed by atoms with E-state index in [1.807, 2.05) is 0 Å². The summed E-state index contributed by atoms with van der Waals surface area (Å²) >= 11 is 0. The van der Waals surface area contributed by atoms with Crippen LogP contribution in [0.3, 0.4) is 0 Å². The molecule has 0 radical (unpaired) electrons. The largest absolute Gasteiger partial charge is 0.454 e. The van der Waals surface area contributed by atoms with Gasteiger partial charge in [-0.15, -0.1) is 0 Å². The number of imide groups is 1. The maximum Gasteiger partial charge on any atom is 0.326 e. The number of carbonyl (C=O) groups excluding carboxylic acids is 4. The molecule has 1 spiro atoms. The van der Waals surface area contributed by atoms with Crippen LogP contribution in [0.1, 0.15) is 78.6 Å². The van der Waals surface area contributed by atoms with Crippen molar-refractivity contribution in [3.63, 3.8) is 0 Å². The standard InChI is InChI=1S/C22H35N3O5/c1-15-10-21(2,3)14-22(11-15)19(28)25(20(29)24-22)12-18(27)30-13-17(26)23-16-8-6-4-5-7-9-16/h15-16H,4-14H2,1-3H3,(H,23,26)(H,24,29)/t15-,22-/m1/s1. The Balaban J connectivity index is 1.50. The minimum Gasteiger partial charge on any atom is -0.454 e. The quantitative estimate of drug-likeness (QED) is 0.403. The van der Waals surface area contributed by atoms with Crippen LogP contribution in [0.5, 0.6) is 0 Å². The maximum atomic E-state index is 13.1. The second-order valence-corrected chi connectivity index (χ2v) is 10.2. The molecule has 8 heteroatoms. The van der Waals surface area contributed by atoms with E-state index in [0.717, 1.165) is 37.0 Å². The number of esters is 1. The molecule has 0 aromatic rings. The van der Waals surface area contributed by atoms with Crippen LogP contribution in [-0.4, -0.2) is 53.4 Å². The van der Waals surface area contributed by atoms with Crippen molar-refractivity contribution >= 4 is 23.8 Å². The highest BCUT2D eigenvalue weighted by Gasteiger charge is 2.56. The molecule has 0 unspecified atom stereocenters. The SMILES string of the molecule is C[C@@H]1CC(C)(C)C[C@@]2(C1)NC(=O)N(CC(=O)OCC(=O)NC1CCCCCC1)C2=O. The molecule has 0 aromatic heterocycles. The van der Waals surface area contributed by atoms with Gasteiger partial charge in [0.2, 0.25) is 0 Å². The molecule has 4 amide bonds. The Labute approximate surface area is 178 Å². The summed E-state index contributed by atoms with van der Waals surface area (Å²) in [6.07, 6.45) is 8.53. The van der Waals surface area contributed by atoms with Crippen LogP contribution in [0.4, 0.5) is 4.79 Å². The number of carbonyl (C=O) groups is 4. The third-order valence-corrected chi connectivity index (χ3v) is 6.50. The van der Waals surface area contributed by atoms with Gasteiger partial charge in [-0.25, -0.2) is 4.79 Å². The number of nitrogens with zero attached hydrogens (tertiary/aromatic N) is 1. The maximum absolute atomic E-state index is 13.1. The van der Waals surface area contributed by atoms with Gasteiger partial charge >= 0.3 is 12.0 Å². The van der Waals surface area contributed by atoms with Gasteiger partial charge in [-0.2, -0.15) is 0 Å². The van der Waals surface area contributed by atoms with Crippen molar-refractivity contribution in [3.05, 3.63) is 0 Å². The monoisotopic (exact) mass is 421 g/mol. The topological polar surface area (TPSA) is 105 Å². The third-order valence-electron chi connectivity index (χ3n) is 6.50. The molecule has 1 aliphatic heterocycles. The van der Waals surface area contributed by atoms with E-state index in [4.69, 9.17) is 4.74 Å². The minimum absolute atomic E-state index is 0.0762. The summed E-state index contributed by atoms with van der Waals surface area (Å²) in [4.78, 5) is 50.8. The van der Waals surface area contributed by atoms with Crippen LogP contribution >= 0.6 is 0 Å². The first kappa shape index (κ1) is 22.6. The molecule has 2 atom stereocenters. The molecule has 8 nitrogen and oxygen atoms in total. The summed E-state index contributed by atoms with van der Waals surface area (Å²) < 4.78 is 5.05. The first-order chi connectivity index (χ1) is 14.1. The molecule has 1 heterocycles. The number of nitrogens with one attached hydrogen (secondary N) is 2. The first-order valence-corrected chi connectivity index (χ1v) is 11.2. The fourth-order valence-electron chi connectivity index (χ4n) is 5.66. The Hall–Kier alpha value is -2.12. The Morgan fingerprint density at radius 1 is 1.13 bits per heavy atom. The second kappa shape index (κ2) is 8.94. The lowest BCUT2D eigenvalue weighted by Gasteiger charge is -2.43. The van der Waals surface area contributed by atoms with Gasteiger partial charge in [0.05, 0.1) is 0 Å². The molecule has 30 heavy (non-hydrogen) atoms. The number of rotatable bonds is 5. The van der Waals surface area contributed by atoms with E-state index in [9.17, 15) is 19.2 Å². The lowest BCUT2D eigenvalue weighted by molar-refractivity contribution is -0.151. The van der Waals surface area contributed by atoms with Crippen LogP contribution in [0.15, 0.2) is 0 Å². The molecule has 3 rings (SSSR count). The fraction of sp³-hybridized carbons (Fsp3) is 0.818. The summed E-state index contributed by atoms with van der Waals surface area (Å²) in [7, 11) is 0. The van der Waals surface area contributed by atoms with Crippen LogP contribution < -0.4 is 10.6 Å². The van der Waals surface area contributed by atoms with Gasteiger partial charge in [0.25, 0.3) is 11.8 Å². The first-order valence-electron chi connectivity index (χ1n) is 11.2. The van der Waals surface area contributed by atoms with Gasteiger partial charge < -0.3 is 15.4 Å². The predicted octanol–water partition coefficient (Wildman–Crippen LogP) is 2.51. The molecule has 3 aliphatic rings. The van der Waals surface area contributed by atoms with Crippen molar-refractivity contribution in [2.75, 3.05) is 13.2 Å². The number of hydrogen-bond donors (Lipinski definition) is 2. The Morgan fingerprint density at radius 2 is 1.80 bits per heavy atom. The zero-order chi connectivity index (χ0) is 21.9. The molecular formula is C22H35N3O5. The van der Waals surface area contributed by atoms with E-state index in [1.165, 1.54) is 12.8 Å². The van der Waals surface area contributed by atoms with E-state index in [2.05, 4.69) is 31.4 Å². The van der Waals surface area contributed by atoms with Crippen molar-refractivity contribution in [1.29, 1.82) is 0 Å². The van der Waals surface area contributed by atoms with Gasteiger partial charge in [-0.05, 0) is 43.4 Å². The van der Waals surface area contributed by atoms with Crippen LogP contribution in [0.2, 0.25) is 0 Å². The molecular weight excluding hydrogens is 386 g/mol. The minimum atomic E-state index is -0.949. The molecule has 2 N–H and O–H groups in total. The highest BCUT2D eigenvalue weighted by molar-refractivity contribution is 6.08. The summed E-state index contributed by atoms with van der Waals surface area (Å²) in [5.41, 5.74) is -1.03. The number of amides is 4. The normalized spacial score (nSPS) is 29.4. The smallest absolute Gasteiger partial charge is 0.326 e. The van der Waals surface area contributed by atoms with Crippen molar-refractivity contribution < 1.29 is 23.9 Å². The molecule has 168 valence electrons. The van der Waals surface area contributed by atoms with Crippen LogP contribution in [-0.2, 0) is 19.1 Å². The van der Waals surface area contributed by atoms with Crippen LogP contribution in [0.25, 0.3) is 0 Å². The van der Waals surface area contributed by atoms with Gasteiger partial charge in [0.15, 0.2) is 6.61 Å². The van der Waals surface area contributed by atoms with Crippen LogP contribution in [0, 0.1) is 11.3 Å². The number of hydrogen-bond acceptors (Lipinski definition) is 5. The zero-order valence-corrected chi connectivity index (χ0v) is 18.4. The van der Waals surface area contributed by atoms with E-state index < -0.39 is 30.7 Å². The summed E-state index contributed by atoms with van der Waals surface area (Å²) in [6.45, 7) is 5.39. The van der Waals surface area contributed by atoms with Gasteiger partial charge in [-0.3, -0.25) is 19.3 Å². The van der Waals surface area contributed by atoms with E-state index in [-0.39, 0.29) is 29.2 Å². The van der Waals surface area contributed by atoms with E-state index in [1.54, 1.807) is 0 Å². The molecule has 3 fully saturated rings. The highest BCUT2D eigenvalue weighted by atomic mass is 16.5. The van der Waals surface area contributed by atoms with Crippen molar-refractivity contribution in [2.24, 2.45) is 11.3 Å². The van der Waals surface area contributed by atoms with Gasteiger partial charge in [0, 0.05) is 6.04 Å². The molecule has 0 aromatic carbocycles. The third kappa shape index (κ3) is 5.32. The van der Waals surface area contributed by atoms with Crippen molar-refractivity contribution in [3.8, 4) is 0 Å². The lowest BCUT2D eigenvalue weighted by atomic mass is 9.64. The predicted molar refractivity (Wildman–Crippen MR) is 110 cm³/mol. The average molecular weight is 422 g/mol. The lowest BCUT2D eigenvalue weighted by Crippen LogP contribution is -2.54. The van der Waals surface area contributed by atoms with Gasteiger partial charge in [0.1, 0.15) is 12.1 Å². The Kier molecular flexibility index (Phi) is 6.72. The fourth-order valence-corrected chi connectivity index (χ4v) is 5.66. The highest BCUT2D eigenvalue weighted by Crippen LogP contribution is 2.46. The Bertz CT molecular complexity index is 699. The number of urea groups is 1. The van der Waals surface area contributed by atoms with E-state index >= 15 is 0 Å². The summed E-state index contributed by atoms with van der Waals surface area (Å²) in [5.74, 6) is -1.17. The van der Waals surface area contributed by atoms with Crippen molar-refractivity contribution in [1.82, 2.24) is 15.5 Å². The summed E-state index contributed by atoms with van der Waals surface area (Å²) in [5, 5.41) is 5.75. The average Bonchev–Trinajstić information content (AvgIpc) is 2.83. The molecule has 2 saturated carbocycles. The number of ether oxygens (including phenoxy) is 1. The molecule has 2 aliphatic carbocycles. The van der Waals surface area contributed by atoms with Gasteiger partial charge in [-0.1, -0.05) is 46.5 Å². The van der Waals surface area contributed by atoms with Crippen molar-refractivity contribution in [2.45, 2.75) is 90.1 Å².